The zero-order valence-electron chi connectivity index (χ0n) is 11.9. The van der Waals surface area contributed by atoms with Crippen molar-refractivity contribution in [3.05, 3.63) is 29.3 Å². The van der Waals surface area contributed by atoms with Crippen LogP contribution in [0.1, 0.15) is 36.8 Å². The molecule has 112 valence electrons. The maximum Gasteiger partial charge on any atom is 0.416 e. The van der Waals surface area contributed by atoms with Crippen LogP contribution < -0.4 is 10.6 Å². The second-order valence-electron chi connectivity index (χ2n) is 5.81. The van der Waals surface area contributed by atoms with Crippen molar-refractivity contribution in [1.29, 1.82) is 0 Å². The van der Waals surface area contributed by atoms with E-state index in [0.717, 1.165) is 25.7 Å². The summed E-state index contributed by atoms with van der Waals surface area (Å²) < 4.78 is 40.2. The van der Waals surface area contributed by atoms with Gasteiger partial charge in [-0.2, -0.15) is 13.2 Å². The van der Waals surface area contributed by atoms with Crippen LogP contribution in [0.4, 0.5) is 18.9 Å². The summed E-state index contributed by atoms with van der Waals surface area (Å²) in [5, 5.41) is 0. The topological polar surface area (TPSA) is 29.3 Å². The maximum absolute atomic E-state index is 13.4. The molecule has 1 aliphatic carbocycles. The molecule has 0 saturated heterocycles. The number of anilines is 1. The Labute approximate surface area is 117 Å². The Kier molecular flexibility index (Phi) is 4.00. The highest BCUT2D eigenvalue weighted by atomic mass is 19.4. The number of hydrogen-bond acceptors (Lipinski definition) is 2. The van der Waals surface area contributed by atoms with Crippen LogP contribution in [0, 0.1) is 0 Å². The highest BCUT2D eigenvalue weighted by Crippen LogP contribution is 2.46. The van der Waals surface area contributed by atoms with Gasteiger partial charge in [0.15, 0.2) is 0 Å². The van der Waals surface area contributed by atoms with Gasteiger partial charge in [-0.15, -0.1) is 0 Å². The predicted octanol–water partition coefficient (Wildman–Crippen LogP) is 3.54. The average molecular weight is 286 g/mol. The lowest BCUT2D eigenvalue weighted by atomic mass is 9.76. The minimum absolute atomic E-state index is 0.275. The molecule has 0 aromatic heterocycles. The van der Waals surface area contributed by atoms with Crippen LogP contribution in [-0.2, 0) is 11.6 Å². The van der Waals surface area contributed by atoms with E-state index >= 15 is 0 Å². The summed E-state index contributed by atoms with van der Waals surface area (Å²) in [5.74, 6) is 0. The summed E-state index contributed by atoms with van der Waals surface area (Å²) >= 11 is 0. The highest BCUT2D eigenvalue weighted by molar-refractivity contribution is 5.53. The lowest BCUT2D eigenvalue weighted by Gasteiger charge is -2.31. The van der Waals surface area contributed by atoms with Gasteiger partial charge in [0.2, 0.25) is 0 Å². The Balaban J connectivity index is 2.57. The standard InChI is InChI=1S/C15H21F3N2/c1-20(2)11-5-6-12(13(9-11)15(16,17)18)14(10-19)7-3-4-8-14/h5-6,9H,3-4,7-8,10,19H2,1-2H3. The molecule has 2 nitrogen and oxygen atoms in total. The number of halogens is 3. The molecule has 20 heavy (non-hydrogen) atoms. The molecular formula is C15H21F3N2. The van der Waals surface area contributed by atoms with Crippen molar-refractivity contribution in [1.82, 2.24) is 0 Å². The predicted molar refractivity (Wildman–Crippen MR) is 75.0 cm³/mol. The van der Waals surface area contributed by atoms with Crippen molar-refractivity contribution in [3.63, 3.8) is 0 Å². The molecule has 1 fully saturated rings. The molecule has 0 atom stereocenters. The van der Waals surface area contributed by atoms with Gasteiger partial charge in [0.05, 0.1) is 5.56 Å². The summed E-state index contributed by atoms with van der Waals surface area (Å²) in [5.41, 5.74) is 5.73. The van der Waals surface area contributed by atoms with E-state index in [1.807, 2.05) is 0 Å². The lowest BCUT2D eigenvalue weighted by molar-refractivity contribution is -0.138. The third-order valence-electron chi connectivity index (χ3n) is 4.35. The van der Waals surface area contributed by atoms with Crippen molar-refractivity contribution in [2.45, 2.75) is 37.3 Å². The van der Waals surface area contributed by atoms with Crippen LogP contribution in [0.2, 0.25) is 0 Å². The molecule has 0 radical (unpaired) electrons. The van der Waals surface area contributed by atoms with E-state index < -0.39 is 17.2 Å². The molecule has 2 rings (SSSR count). The van der Waals surface area contributed by atoms with Crippen molar-refractivity contribution >= 4 is 5.69 Å². The molecule has 0 spiro atoms. The van der Waals surface area contributed by atoms with Gasteiger partial charge in [-0.25, -0.2) is 0 Å². The van der Waals surface area contributed by atoms with Gasteiger partial charge >= 0.3 is 6.18 Å². The summed E-state index contributed by atoms with van der Waals surface area (Å²) in [4.78, 5) is 1.68. The molecule has 0 unspecified atom stereocenters. The fourth-order valence-corrected chi connectivity index (χ4v) is 3.14. The van der Waals surface area contributed by atoms with Gasteiger partial charge in [0, 0.05) is 31.7 Å². The SMILES string of the molecule is CN(C)c1ccc(C2(CN)CCCC2)c(C(F)(F)F)c1. The first-order valence-electron chi connectivity index (χ1n) is 6.89. The lowest BCUT2D eigenvalue weighted by Crippen LogP contribution is -2.34. The Morgan fingerprint density at radius 2 is 1.80 bits per heavy atom. The molecule has 5 heteroatoms. The molecule has 0 aliphatic heterocycles. The molecule has 0 amide bonds. The summed E-state index contributed by atoms with van der Waals surface area (Å²) in [6.07, 6.45) is -0.957. The Morgan fingerprint density at radius 3 is 2.25 bits per heavy atom. The number of nitrogens with two attached hydrogens (primary N) is 1. The average Bonchev–Trinajstić information content (AvgIpc) is 2.86. The number of benzene rings is 1. The first-order valence-corrected chi connectivity index (χ1v) is 6.89. The Hall–Kier alpha value is -1.23. The first kappa shape index (κ1) is 15.2. The molecule has 2 N–H and O–H groups in total. The summed E-state index contributed by atoms with van der Waals surface area (Å²) in [6.45, 7) is 0.275. The smallest absolute Gasteiger partial charge is 0.378 e. The normalized spacial score (nSPS) is 18.3. The van der Waals surface area contributed by atoms with Gasteiger partial charge in [0.25, 0.3) is 0 Å². The van der Waals surface area contributed by atoms with Gasteiger partial charge < -0.3 is 10.6 Å². The number of nitrogens with zero attached hydrogens (tertiary/aromatic N) is 1. The first-order chi connectivity index (χ1) is 9.30. The van der Waals surface area contributed by atoms with Crippen molar-refractivity contribution in [2.24, 2.45) is 5.73 Å². The van der Waals surface area contributed by atoms with Crippen LogP contribution in [0.15, 0.2) is 18.2 Å². The van der Waals surface area contributed by atoms with E-state index in [2.05, 4.69) is 0 Å². The number of rotatable bonds is 3. The van der Waals surface area contributed by atoms with Gasteiger partial charge in [0.1, 0.15) is 0 Å². The minimum Gasteiger partial charge on any atom is -0.378 e. The quantitative estimate of drug-likeness (QED) is 0.921. The number of hydrogen-bond donors (Lipinski definition) is 1. The second kappa shape index (κ2) is 5.28. The van der Waals surface area contributed by atoms with E-state index in [1.54, 1.807) is 31.1 Å². The molecule has 0 bridgehead atoms. The monoisotopic (exact) mass is 286 g/mol. The van der Waals surface area contributed by atoms with Gasteiger partial charge in [-0.1, -0.05) is 18.9 Å². The number of alkyl halides is 3. The molecule has 1 saturated carbocycles. The zero-order valence-corrected chi connectivity index (χ0v) is 11.9. The Bertz CT molecular complexity index is 474. The van der Waals surface area contributed by atoms with Crippen LogP contribution in [0.25, 0.3) is 0 Å². The van der Waals surface area contributed by atoms with Crippen molar-refractivity contribution < 1.29 is 13.2 Å². The van der Waals surface area contributed by atoms with E-state index in [9.17, 15) is 13.2 Å². The Morgan fingerprint density at radius 1 is 1.20 bits per heavy atom. The highest BCUT2D eigenvalue weighted by Gasteiger charge is 2.42. The minimum atomic E-state index is -4.34. The van der Waals surface area contributed by atoms with Gasteiger partial charge in [-0.3, -0.25) is 0 Å². The molecule has 0 heterocycles. The van der Waals surface area contributed by atoms with E-state index in [1.165, 1.54) is 6.07 Å². The molecule has 1 aliphatic rings. The van der Waals surface area contributed by atoms with Crippen LogP contribution in [-0.4, -0.2) is 20.6 Å². The van der Waals surface area contributed by atoms with Crippen LogP contribution in [0.3, 0.4) is 0 Å². The fraction of sp³-hybridized carbons (Fsp3) is 0.600. The zero-order chi connectivity index (χ0) is 15.0. The molecular weight excluding hydrogens is 265 g/mol. The van der Waals surface area contributed by atoms with E-state index in [4.69, 9.17) is 5.73 Å². The summed E-state index contributed by atoms with van der Waals surface area (Å²) in [6, 6.07) is 4.61. The van der Waals surface area contributed by atoms with Crippen LogP contribution >= 0.6 is 0 Å². The van der Waals surface area contributed by atoms with Crippen LogP contribution in [0.5, 0.6) is 0 Å². The van der Waals surface area contributed by atoms with E-state index in [-0.39, 0.29) is 6.54 Å². The fourth-order valence-electron chi connectivity index (χ4n) is 3.14. The third kappa shape index (κ3) is 2.64. The molecule has 1 aromatic rings. The van der Waals surface area contributed by atoms with E-state index in [0.29, 0.717) is 11.3 Å². The summed E-state index contributed by atoms with van der Waals surface area (Å²) in [7, 11) is 3.48. The van der Waals surface area contributed by atoms with Crippen molar-refractivity contribution in [3.8, 4) is 0 Å². The molecule has 1 aromatic carbocycles. The van der Waals surface area contributed by atoms with Crippen molar-refractivity contribution in [2.75, 3.05) is 25.5 Å². The maximum atomic E-state index is 13.4. The van der Waals surface area contributed by atoms with Gasteiger partial charge in [-0.05, 0) is 30.5 Å². The third-order valence-corrected chi connectivity index (χ3v) is 4.35. The second-order valence-corrected chi connectivity index (χ2v) is 5.81. The largest absolute Gasteiger partial charge is 0.416 e.